The van der Waals surface area contributed by atoms with E-state index in [1.165, 1.54) is 24.0 Å². The molecule has 4 nitrogen and oxygen atoms in total. The van der Waals surface area contributed by atoms with Crippen LogP contribution in [-0.2, 0) is 17.6 Å². The molecule has 0 bridgehead atoms. The summed E-state index contributed by atoms with van der Waals surface area (Å²) in [6.07, 6.45) is 6.11. The molecule has 0 saturated carbocycles. The fraction of sp³-hybridized carbons (Fsp3) is 0.562. The lowest BCUT2D eigenvalue weighted by Gasteiger charge is -2.22. The second kappa shape index (κ2) is 6.75. The van der Waals surface area contributed by atoms with Crippen LogP contribution in [-0.4, -0.2) is 18.2 Å². The lowest BCUT2D eigenvalue weighted by Crippen LogP contribution is -2.14. The lowest BCUT2D eigenvalue weighted by atomic mass is 9.88. The molecule has 20 heavy (non-hydrogen) atoms. The molecule has 3 N–H and O–H groups in total. The monoisotopic (exact) mass is 277 g/mol. The van der Waals surface area contributed by atoms with Crippen molar-refractivity contribution >= 4 is 5.97 Å². The minimum atomic E-state index is -0.769. The molecular weight excluding hydrogens is 254 g/mol. The third kappa shape index (κ3) is 3.51. The van der Waals surface area contributed by atoms with Gasteiger partial charge < -0.3 is 15.6 Å². The molecule has 1 aliphatic carbocycles. The fourth-order valence-corrected chi connectivity index (χ4v) is 2.88. The molecule has 1 aliphatic rings. The molecule has 1 atom stereocenters. The van der Waals surface area contributed by atoms with Crippen LogP contribution < -0.4 is 10.5 Å². The first-order valence-corrected chi connectivity index (χ1v) is 7.29. The molecule has 0 spiro atoms. The number of carbonyl (C=O) groups is 1. The minimum Gasteiger partial charge on any atom is -0.496 e. The molecule has 0 radical (unpaired) electrons. The van der Waals surface area contributed by atoms with Crippen molar-refractivity contribution in [2.45, 2.75) is 51.0 Å². The fourth-order valence-electron chi connectivity index (χ4n) is 2.88. The summed E-state index contributed by atoms with van der Waals surface area (Å²) in [7, 11) is 1.66. The van der Waals surface area contributed by atoms with Crippen LogP contribution in [0.2, 0.25) is 0 Å². The van der Waals surface area contributed by atoms with E-state index in [4.69, 9.17) is 15.6 Å². The highest BCUT2D eigenvalue weighted by Crippen LogP contribution is 2.33. The highest BCUT2D eigenvalue weighted by molar-refractivity contribution is 5.66. The smallest absolute Gasteiger partial charge is 0.303 e. The molecule has 0 heterocycles. The molecule has 0 aliphatic heterocycles. The van der Waals surface area contributed by atoms with Gasteiger partial charge in [-0.25, -0.2) is 0 Å². The number of fused-ring (bicyclic) bond motifs is 1. The van der Waals surface area contributed by atoms with Gasteiger partial charge in [0.15, 0.2) is 0 Å². The van der Waals surface area contributed by atoms with Crippen molar-refractivity contribution in [2.24, 2.45) is 5.73 Å². The first-order chi connectivity index (χ1) is 9.61. The van der Waals surface area contributed by atoms with Crippen molar-refractivity contribution < 1.29 is 14.6 Å². The number of ether oxygens (including phenoxy) is 1. The molecule has 0 unspecified atom stereocenters. The molecule has 110 valence electrons. The highest BCUT2D eigenvalue weighted by atomic mass is 16.5. The summed E-state index contributed by atoms with van der Waals surface area (Å²) in [5, 5.41) is 8.69. The van der Waals surface area contributed by atoms with Crippen molar-refractivity contribution in [3.63, 3.8) is 0 Å². The number of hydrogen-bond acceptors (Lipinski definition) is 3. The Balaban J connectivity index is 2.14. The average Bonchev–Trinajstić information content (AvgIpc) is 2.45. The standard InChI is InChI=1S/C16H23NO3/c1-20-15-10-12-6-3-2-5-11(12)9-13(15)14(17)7-4-8-16(18)19/h9-10,14H,2-8,17H2,1H3,(H,18,19)/t14-/m0/s1. The molecular formula is C16H23NO3. The quantitative estimate of drug-likeness (QED) is 0.838. The number of aliphatic carboxylic acids is 1. The molecule has 4 heteroatoms. The lowest BCUT2D eigenvalue weighted by molar-refractivity contribution is -0.137. The molecule has 1 aromatic rings. The molecule has 1 aromatic carbocycles. The van der Waals surface area contributed by atoms with Gasteiger partial charge in [-0.1, -0.05) is 6.07 Å². The van der Waals surface area contributed by atoms with Gasteiger partial charge in [-0.15, -0.1) is 0 Å². The van der Waals surface area contributed by atoms with Crippen LogP contribution in [0, 0.1) is 0 Å². The molecule has 0 amide bonds. The molecule has 0 aromatic heterocycles. The van der Waals surface area contributed by atoms with Crippen LogP contribution in [0.3, 0.4) is 0 Å². The van der Waals surface area contributed by atoms with E-state index in [2.05, 4.69) is 12.1 Å². The zero-order valence-electron chi connectivity index (χ0n) is 12.0. The van der Waals surface area contributed by atoms with Crippen molar-refractivity contribution in [3.05, 3.63) is 28.8 Å². The summed E-state index contributed by atoms with van der Waals surface area (Å²) in [4.78, 5) is 10.6. The predicted octanol–water partition coefficient (Wildman–Crippen LogP) is 2.83. The zero-order chi connectivity index (χ0) is 14.5. The highest BCUT2D eigenvalue weighted by Gasteiger charge is 2.18. The van der Waals surface area contributed by atoms with Gasteiger partial charge >= 0.3 is 5.97 Å². The van der Waals surface area contributed by atoms with Crippen molar-refractivity contribution in [1.29, 1.82) is 0 Å². The number of nitrogens with two attached hydrogens (primary N) is 1. The van der Waals surface area contributed by atoms with E-state index >= 15 is 0 Å². The maximum atomic E-state index is 10.6. The van der Waals surface area contributed by atoms with Crippen LogP contribution in [0.25, 0.3) is 0 Å². The summed E-state index contributed by atoms with van der Waals surface area (Å²) < 4.78 is 5.46. The largest absolute Gasteiger partial charge is 0.496 e. The first-order valence-electron chi connectivity index (χ1n) is 7.29. The number of carboxylic acid groups (broad SMARTS) is 1. The SMILES string of the molecule is COc1cc2c(cc1[C@@H](N)CCCC(=O)O)CCCC2. The predicted molar refractivity (Wildman–Crippen MR) is 78.1 cm³/mol. The Bertz CT molecular complexity index is 485. The third-order valence-electron chi connectivity index (χ3n) is 4.00. The van der Waals surface area contributed by atoms with E-state index in [1.54, 1.807) is 7.11 Å². The van der Waals surface area contributed by atoms with Gasteiger partial charge in [0.25, 0.3) is 0 Å². The Labute approximate surface area is 119 Å². The normalized spacial score (nSPS) is 15.5. The van der Waals surface area contributed by atoms with Gasteiger partial charge in [0.05, 0.1) is 7.11 Å². The summed E-state index contributed by atoms with van der Waals surface area (Å²) >= 11 is 0. The van der Waals surface area contributed by atoms with Gasteiger partial charge in [0.2, 0.25) is 0 Å². The second-order valence-electron chi connectivity index (χ2n) is 5.46. The van der Waals surface area contributed by atoms with E-state index in [1.807, 2.05) is 0 Å². The van der Waals surface area contributed by atoms with Gasteiger partial charge in [0.1, 0.15) is 5.75 Å². The number of aryl methyl sites for hydroxylation is 2. The Morgan fingerprint density at radius 3 is 2.60 bits per heavy atom. The Hall–Kier alpha value is -1.55. The molecule has 0 saturated heterocycles. The Kier molecular flexibility index (Phi) is 5.01. The number of hydrogen-bond donors (Lipinski definition) is 2. The van der Waals surface area contributed by atoms with Crippen LogP contribution in [0.1, 0.15) is 54.8 Å². The topological polar surface area (TPSA) is 72.5 Å². The molecule has 0 fully saturated rings. The van der Waals surface area contributed by atoms with E-state index in [0.29, 0.717) is 12.8 Å². The van der Waals surface area contributed by atoms with Gasteiger partial charge in [-0.3, -0.25) is 4.79 Å². The summed E-state index contributed by atoms with van der Waals surface area (Å²) in [6, 6.07) is 4.12. The number of methoxy groups -OCH3 is 1. The van der Waals surface area contributed by atoms with Gasteiger partial charge in [-0.2, -0.15) is 0 Å². The Morgan fingerprint density at radius 1 is 1.35 bits per heavy atom. The summed E-state index contributed by atoms with van der Waals surface area (Å²) in [6.45, 7) is 0. The summed E-state index contributed by atoms with van der Waals surface area (Å²) in [5.74, 6) is 0.0723. The molecule has 2 rings (SSSR count). The maximum absolute atomic E-state index is 10.6. The van der Waals surface area contributed by atoms with Crippen molar-refractivity contribution in [1.82, 2.24) is 0 Å². The van der Waals surface area contributed by atoms with E-state index in [0.717, 1.165) is 24.2 Å². The van der Waals surface area contributed by atoms with Crippen LogP contribution >= 0.6 is 0 Å². The van der Waals surface area contributed by atoms with Gasteiger partial charge in [-0.05, 0) is 55.7 Å². The van der Waals surface area contributed by atoms with Crippen LogP contribution in [0.4, 0.5) is 0 Å². The second-order valence-corrected chi connectivity index (χ2v) is 5.46. The minimum absolute atomic E-state index is 0.156. The average molecular weight is 277 g/mol. The van der Waals surface area contributed by atoms with Crippen molar-refractivity contribution in [2.75, 3.05) is 7.11 Å². The van der Waals surface area contributed by atoms with E-state index < -0.39 is 5.97 Å². The first kappa shape index (κ1) is 14.9. The number of carboxylic acids is 1. The van der Waals surface area contributed by atoms with E-state index in [9.17, 15) is 4.79 Å². The maximum Gasteiger partial charge on any atom is 0.303 e. The summed E-state index contributed by atoms with van der Waals surface area (Å²) in [5.41, 5.74) is 9.98. The Morgan fingerprint density at radius 2 is 2.00 bits per heavy atom. The van der Waals surface area contributed by atoms with Crippen LogP contribution in [0.5, 0.6) is 5.75 Å². The number of benzene rings is 1. The van der Waals surface area contributed by atoms with E-state index in [-0.39, 0.29) is 12.5 Å². The van der Waals surface area contributed by atoms with Gasteiger partial charge in [0, 0.05) is 18.0 Å². The van der Waals surface area contributed by atoms with Crippen LogP contribution in [0.15, 0.2) is 12.1 Å². The van der Waals surface area contributed by atoms with Crippen molar-refractivity contribution in [3.8, 4) is 5.75 Å². The number of rotatable bonds is 6. The zero-order valence-corrected chi connectivity index (χ0v) is 12.0. The third-order valence-corrected chi connectivity index (χ3v) is 4.00.